The van der Waals surface area contributed by atoms with E-state index in [1.54, 1.807) is 6.92 Å². The molecule has 7 N–H and O–H groups in total. The molecule has 2 heterocycles. The van der Waals surface area contributed by atoms with E-state index in [2.05, 4.69) is 4.18 Å². The molecule has 0 saturated carbocycles. The molecule has 162 valence electrons. The summed E-state index contributed by atoms with van der Waals surface area (Å²) < 4.78 is 52.8. The van der Waals surface area contributed by atoms with Crippen LogP contribution in [0.4, 0.5) is 0 Å². The molecule has 14 nitrogen and oxygen atoms in total. The van der Waals surface area contributed by atoms with Crippen molar-refractivity contribution >= 4 is 48.1 Å². The van der Waals surface area contributed by atoms with Crippen molar-refractivity contribution in [1.29, 1.82) is 0 Å². The average molecular weight is 461 g/mol. The van der Waals surface area contributed by atoms with Crippen molar-refractivity contribution in [2.75, 3.05) is 6.61 Å². The van der Waals surface area contributed by atoms with E-state index in [1.165, 1.54) is 0 Å². The van der Waals surface area contributed by atoms with Crippen molar-refractivity contribution in [2.24, 2.45) is 0 Å². The van der Waals surface area contributed by atoms with E-state index in [0.29, 0.717) is 6.42 Å². The molecule has 0 aromatic rings. The predicted octanol–water partition coefficient (Wildman–Crippen LogP) is -5.34. The Hall–Kier alpha value is 0.730. The van der Waals surface area contributed by atoms with Gasteiger partial charge in [-0.15, -0.1) is 0 Å². The van der Waals surface area contributed by atoms with Gasteiger partial charge in [0.2, 0.25) is 16.6 Å². The third-order valence-electron chi connectivity index (χ3n) is 4.25. The minimum Gasteiger partial charge on any atom is -0.870 e. The molecule has 2 aliphatic rings. The Bertz CT molecular complexity index is 566. The van der Waals surface area contributed by atoms with Crippen LogP contribution in [0.1, 0.15) is 13.3 Å². The Morgan fingerprint density at radius 2 is 1.68 bits per heavy atom. The summed E-state index contributed by atoms with van der Waals surface area (Å²) in [7, 11) is -5.32. The Balaban J connectivity index is 0.00000364. The van der Waals surface area contributed by atoms with E-state index in [9.17, 15) is 38.6 Å². The molecule has 2 saturated heterocycles. The summed E-state index contributed by atoms with van der Waals surface area (Å²) in [6.45, 7) is 1.17. The number of hydroxylamine groups is 1. The number of ether oxygens (including phenoxy) is 3. The maximum atomic E-state index is 11.0. The quantitative estimate of drug-likeness (QED) is 0.103. The monoisotopic (exact) mass is 461 g/mol. The van der Waals surface area contributed by atoms with Crippen molar-refractivity contribution in [2.45, 2.75) is 68.6 Å². The largest absolute Gasteiger partial charge is 2.00 e. The molecule has 2 rings (SSSR count). The second-order valence-electron chi connectivity index (χ2n) is 5.95. The Morgan fingerprint density at radius 1 is 1.07 bits per heavy atom. The topological polar surface area (TPSA) is 245 Å². The molecule has 9 atom stereocenters. The van der Waals surface area contributed by atoms with Gasteiger partial charge in [-0.2, -0.15) is 0 Å². The first-order valence-corrected chi connectivity index (χ1v) is 9.17. The van der Waals surface area contributed by atoms with Crippen LogP contribution >= 0.6 is 0 Å². The van der Waals surface area contributed by atoms with Crippen molar-refractivity contribution in [3.63, 3.8) is 0 Å². The zero-order chi connectivity index (χ0) is 19.6. The third-order valence-corrected chi connectivity index (χ3v) is 4.71. The van der Waals surface area contributed by atoms with E-state index in [0.717, 1.165) is 0 Å². The molecule has 0 spiro atoms. The Labute approximate surface area is 190 Å². The summed E-state index contributed by atoms with van der Waals surface area (Å²) in [6, 6.07) is 0. The van der Waals surface area contributed by atoms with E-state index >= 15 is 0 Å². The van der Waals surface area contributed by atoms with Gasteiger partial charge in [0.1, 0.15) is 24.4 Å². The molecular weight excluding hydrogens is 438 g/mol. The van der Waals surface area contributed by atoms with Crippen molar-refractivity contribution < 1.29 is 62.7 Å². The van der Waals surface area contributed by atoms with Gasteiger partial charge in [-0.05, 0) is 6.42 Å². The van der Waals surface area contributed by atoms with Crippen molar-refractivity contribution in [3.05, 3.63) is 5.21 Å². The normalized spacial score (nSPS) is 41.2. The van der Waals surface area contributed by atoms with Gasteiger partial charge in [0.05, 0.1) is 12.7 Å². The smallest absolute Gasteiger partial charge is 0.870 e. The van der Waals surface area contributed by atoms with Crippen LogP contribution in [-0.2, 0) is 28.8 Å². The number of rotatable bonds is 7. The number of hydrogen-bond acceptors (Lipinski definition) is 13. The minimum absolute atomic E-state index is 0. The zero-order valence-corrected chi connectivity index (χ0v) is 17.8. The molecule has 0 aromatic carbocycles. The number of hydrogen-bond donors (Lipinski definition) is 5. The van der Waals surface area contributed by atoms with E-state index in [-0.39, 0.29) is 48.7 Å². The molecule has 0 aliphatic carbocycles. The van der Waals surface area contributed by atoms with E-state index in [4.69, 9.17) is 14.2 Å². The SMILES string of the molecule is CCC1OC(CO)C(O)C1OC1OC([NH2+][O-])C(O)C(O)C1OS(=O)(=O)[O-].[Ca+2].[OH-]. The van der Waals surface area contributed by atoms with Crippen LogP contribution in [0.2, 0.25) is 0 Å². The second-order valence-corrected chi connectivity index (χ2v) is 6.96. The minimum atomic E-state index is -5.32. The number of aliphatic hydroxyl groups excluding tert-OH is 4. The van der Waals surface area contributed by atoms with Crippen LogP contribution < -0.4 is 5.48 Å². The molecule has 0 amide bonds. The van der Waals surface area contributed by atoms with Gasteiger partial charge in [0.15, 0.2) is 18.5 Å². The van der Waals surface area contributed by atoms with Gasteiger partial charge >= 0.3 is 37.7 Å². The van der Waals surface area contributed by atoms with Crippen molar-refractivity contribution in [3.8, 4) is 0 Å². The van der Waals surface area contributed by atoms with Gasteiger partial charge in [0.25, 0.3) is 0 Å². The van der Waals surface area contributed by atoms with Crippen LogP contribution in [0.3, 0.4) is 0 Å². The fourth-order valence-corrected chi connectivity index (χ4v) is 3.42. The van der Waals surface area contributed by atoms with Crippen LogP contribution in [0.25, 0.3) is 0 Å². The second kappa shape index (κ2) is 11.9. The van der Waals surface area contributed by atoms with Crippen LogP contribution in [-0.4, -0.2) is 138 Å². The first-order valence-electron chi connectivity index (χ1n) is 7.83. The van der Waals surface area contributed by atoms with Gasteiger partial charge in [-0.3, -0.25) is 8.92 Å². The number of quaternary nitrogens is 1. The molecule has 2 aliphatic heterocycles. The fraction of sp³-hybridized carbons (Fsp3) is 1.00. The Morgan fingerprint density at radius 3 is 2.14 bits per heavy atom. The average Bonchev–Trinajstić information content (AvgIpc) is 2.88. The molecule has 2 fully saturated rings. The molecule has 0 radical (unpaired) electrons. The van der Waals surface area contributed by atoms with Gasteiger partial charge in [-0.1, -0.05) is 6.92 Å². The van der Waals surface area contributed by atoms with Gasteiger partial charge in [-0.25, -0.2) is 8.42 Å². The summed E-state index contributed by atoms with van der Waals surface area (Å²) in [5.74, 6) is 0. The summed E-state index contributed by atoms with van der Waals surface area (Å²) >= 11 is 0. The van der Waals surface area contributed by atoms with Gasteiger partial charge < -0.3 is 50.6 Å². The van der Waals surface area contributed by atoms with Crippen molar-refractivity contribution in [1.82, 2.24) is 0 Å². The van der Waals surface area contributed by atoms with Crippen LogP contribution in [0.5, 0.6) is 0 Å². The summed E-state index contributed by atoms with van der Waals surface area (Å²) in [5, 5.41) is 50.1. The molecule has 9 unspecified atom stereocenters. The zero-order valence-electron chi connectivity index (χ0n) is 14.8. The predicted molar refractivity (Wildman–Crippen MR) is 85.1 cm³/mol. The fourth-order valence-electron chi connectivity index (χ4n) is 2.94. The Kier molecular flexibility index (Phi) is 12.3. The summed E-state index contributed by atoms with van der Waals surface area (Å²) in [5.41, 5.74) is 0.154. The van der Waals surface area contributed by atoms with E-state index < -0.39 is 72.3 Å². The number of nitrogens with two attached hydrogens (primary N) is 1. The standard InChI is InChI=1S/C12H23NO12S.Ca.H2O/c1-2-4-9(6(15)5(3-14)22-4)23-12-10(25-26(19,20)21)7(16)8(17)11(13-18)24-12;;/h4-12,14-17H,2-3,13H2,1H3,(H,19,20,21);;1H2/q;+2;/p-2. The maximum absolute atomic E-state index is 11.0. The maximum Gasteiger partial charge on any atom is 2.00 e. The molecular formula is C12H23CaNO13S. The van der Waals surface area contributed by atoms with Gasteiger partial charge in [0, 0.05) is 0 Å². The summed E-state index contributed by atoms with van der Waals surface area (Å²) in [6.07, 6.45) is -13.1. The molecule has 28 heavy (non-hydrogen) atoms. The molecule has 16 heteroatoms. The first-order chi connectivity index (χ1) is 12.1. The van der Waals surface area contributed by atoms with Crippen LogP contribution in [0, 0.1) is 5.21 Å². The molecule has 0 bridgehead atoms. The summed E-state index contributed by atoms with van der Waals surface area (Å²) in [4.78, 5) is 0. The third kappa shape index (κ3) is 6.61. The first kappa shape index (κ1) is 28.7. The number of aliphatic hydroxyl groups is 4. The van der Waals surface area contributed by atoms with E-state index in [1.807, 2.05) is 0 Å². The van der Waals surface area contributed by atoms with Crippen LogP contribution in [0.15, 0.2) is 0 Å². The molecule has 0 aromatic heterocycles.